The van der Waals surface area contributed by atoms with Gasteiger partial charge in [-0.1, -0.05) is 18.2 Å². The van der Waals surface area contributed by atoms with E-state index in [-0.39, 0.29) is 0 Å². The fraction of sp³-hybridized carbons (Fsp3) is 0.267. The van der Waals surface area contributed by atoms with Crippen molar-refractivity contribution in [3.63, 3.8) is 0 Å². The number of rotatable bonds is 7. The number of hydrogen-bond acceptors (Lipinski definition) is 6. The normalized spacial score (nSPS) is 10.6. The molecule has 0 saturated heterocycles. The first-order chi connectivity index (χ1) is 10.9. The number of nitrogens with one attached hydrogen (secondary N) is 3. The van der Waals surface area contributed by atoms with Crippen LogP contribution in [-0.4, -0.2) is 39.6 Å². The molecule has 7 nitrogen and oxygen atoms in total. The second-order valence-electron chi connectivity index (χ2n) is 4.62. The highest BCUT2D eigenvalue weighted by Crippen LogP contribution is 2.18. The van der Waals surface area contributed by atoms with Crippen LogP contribution in [0, 0.1) is 0 Å². The molecule has 114 valence electrons. The highest BCUT2D eigenvalue weighted by atomic mass is 16.5. The van der Waals surface area contributed by atoms with Crippen LogP contribution in [0.25, 0.3) is 11.2 Å². The van der Waals surface area contributed by atoms with Crippen LogP contribution in [0.2, 0.25) is 0 Å². The average molecular weight is 298 g/mol. The van der Waals surface area contributed by atoms with Crippen molar-refractivity contribution in [1.29, 1.82) is 0 Å². The van der Waals surface area contributed by atoms with Crippen molar-refractivity contribution in [2.24, 2.45) is 0 Å². The molecular formula is C15H18N6O. The van der Waals surface area contributed by atoms with Crippen molar-refractivity contribution < 1.29 is 4.74 Å². The molecule has 0 aliphatic heterocycles. The summed E-state index contributed by atoms with van der Waals surface area (Å²) in [4.78, 5) is 16.0. The lowest BCUT2D eigenvalue weighted by Crippen LogP contribution is -2.14. The number of nitrogens with zero attached hydrogens (tertiary/aromatic N) is 3. The van der Waals surface area contributed by atoms with Gasteiger partial charge in [0.25, 0.3) is 0 Å². The summed E-state index contributed by atoms with van der Waals surface area (Å²) in [7, 11) is 0. The zero-order valence-electron chi connectivity index (χ0n) is 12.3. The van der Waals surface area contributed by atoms with Crippen molar-refractivity contribution in [3.05, 3.63) is 36.7 Å². The Morgan fingerprint density at radius 3 is 2.82 bits per heavy atom. The van der Waals surface area contributed by atoms with Crippen molar-refractivity contribution >= 4 is 22.9 Å². The Morgan fingerprint density at radius 1 is 1.14 bits per heavy atom. The maximum absolute atomic E-state index is 5.65. The number of imidazole rings is 1. The molecule has 0 radical (unpaired) electrons. The zero-order valence-corrected chi connectivity index (χ0v) is 12.3. The molecular weight excluding hydrogens is 280 g/mol. The fourth-order valence-electron chi connectivity index (χ4n) is 2.05. The molecule has 0 spiro atoms. The molecule has 0 atom stereocenters. The number of aromatic nitrogens is 4. The standard InChI is InChI=1S/C15H18N6O/c1-2-16-15-20-13(12-14(21-15)19-10-18-12)17-8-9-22-11-6-4-3-5-7-11/h3-7,10H,2,8-9H2,1H3,(H3,16,17,18,19,20,21). The van der Waals surface area contributed by atoms with Gasteiger partial charge in [-0.25, -0.2) is 4.98 Å². The van der Waals surface area contributed by atoms with E-state index in [0.29, 0.717) is 24.7 Å². The number of hydrogen-bond donors (Lipinski definition) is 3. The van der Waals surface area contributed by atoms with Gasteiger partial charge in [-0.3, -0.25) is 0 Å². The second kappa shape index (κ2) is 6.75. The Kier molecular flexibility index (Phi) is 4.33. The Morgan fingerprint density at radius 2 is 2.00 bits per heavy atom. The van der Waals surface area contributed by atoms with E-state index >= 15 is 0 Å². The van der Waals surface area contributed by atoms with Gasteiger partial charge < -0.3 is 20.4 Å². The molecule has 0 aliphatic rings. The van der Waals surface area contributed by atoms with Gasteiger partial charge in [0.05, 0.1) is 12.9 Å². The van der Waals surface area contributed by atoms with E-state index in [1.54, 1.807) is 6.33 Å². The molecule has 3 rings (SSSR count). The van der Waals surface area contributed by atoms with E-state index in [1.165, 1.54) is 0 Å². The van der Waals surface area contributed by atoms with Crippen LogP contribution in [0.5, 0.6) is 5.75 Å². The van der Waals surface area contributed by atoms with Crippen LogP contribution >= 0.6 is 0 Å². The molecule has 3 N–H and O–H groups in total. The minimum Gasteiger partial charge on any atom is -0.492 e. The quantitative estimate of drug-likeness (QED) is 0.580. The van der Waals surface area contributed by atoms with Gasteiger partial charge in [0.1, 0.15) is 17.9 Å². The Labute approximate surface area is 128 Å². The van der Waals surface area contributed by atoms with Crippen LogP contribution in [-0.2, 0) is 0 Å². The van der Waals surface area contributed by atoms with Crippen LogP contribution < -0.4 is 15.4 Å². The topological polar surface area (TPSA) is 87.8 Å². The van der Waals surface area contributed by atoms with Crippen molar-refractivity contribution in [2.75, 3.05) is 30.3 Å². The number of aromatic amines is 1. The van der Waals surface area contributed by atoms with Gasteiger partial charge in [0.15, 0.2) is 11.5 Å². The number of ether oxygens (including phenoxy) is 1. The van der Waals surface area contributed by atoms with Gasteiger partial charge in [-0.2, -0.15) is 9.97 Å². The predicted molar refractivity (Wildman–Crippen MR) is 86.3 cm³/mol. The van der Waals surface area contributed by atoms with Crippen LogP contribution in [0.3, 0.4) is 0 Å². The Balaban J connectivity index is 1.64. The van der Waals surface area contributed by atoms with E-state index < -0.39 is 0 Å². The number of para-hydroxylation sites is 1. The molecule has 0 saturated carbocycles. The smallest absolute Gasteiger partial charge is 0.226 e. The van der Waals surface area contributed by atoms with Crippen LogP contribution in [0.15, 0.2) is 36.7 Å². The highest BCUT2D eigenvalue weighted by Gasteiger charge is 2.09. The first kappa shape index (κ1) is 14.1. The van der Waals surface area contributed by atoms with E-state index in [1.807, 2.05) is 37.3 Å². The molecule has 3 aromatic rings. The summed E-state index contributed by atoms with van der Waals surface area (Å²) in [6.45, 7) is 3.93. The van der Waals surface area contributed by atoms with Crippen LogP contribution in [0.4, 0.5) is 11.8 Å². The zero-order chi connectivity index (χ0) is 15.2. The molecule has 0 fully saturated rings. The number of benzene rings is 1. The summed E-state index contributed by atoms with van der Waals surface area (Å²) in [6, 6.07) is 9.72. The summed E-state index contributed by atoms with van der Waals surface area (Å²) >= 11 is 0. The molecule has 2 aromatic heterocycles. The molecule has 22 heavy (non-hydrogen) atoms. The second-order valence-corrected chi connectivity index (χ2v) is 4.62. The maximum atomic E-state index is 5.65. The van der Waals surface area contributed by atoms with E-state index in [0.717, 1.165) is 23.6 Å². The minimum absolute atomic E-state index is 0.542. The van der Waals surface area contributed by atoms with Crippen LogP contribution in [0.1, 0.15) is 6.92 Å². The third-order valence-corrected chi connectivity index (χ3v) is 3.03. The predicted octanol–water partition coefficient (Wildman–Crippen LogP) is 2.28. The fourth-order valence-corrected chi connectivity index (χ4v) is 2.05. The first-order valence-electron chi connectivity index (χ1n) is 7.23. The molecule has 0 bridgehead atoms. The molecule has 2 heterocycles. The lowest BCUT2D eigenvalue weighted by atomic mass is 10.3. The molecule has 1 aromatic carbocycles. The maximum Gasteiger partial charge on any atom is 0.226 e. The van der Waals surface area contributed by atoms with E-state index in [9.17, 15) is 0 Å². The number of fused-ring (bicyclic) bond motifs is 1. The van der Waals surface area contributed by atoms with Gasteiger partial charge in [-0.05, 0) is 19.1 Å². The van der Waals surface area contributed by atoms with E-state index in [2.05, 4.69) is 30.6 Å². The summed E-state index contributed by atoms with van der Waals surface area (Å²) in [5.74, 6) is 2.13. The largest absolute Gasteiger partial charge is 0.492 e. The lowest BCUT2D eigenvalue weighted by molar-refractivity contribution is 0.333. The average Bonchev–Trinajstić information content (AvgIpc) is 3.01. The van der Waals surface area contributed by atoms with Crippen molar-refractivity contribution in [2.45, 2.75) is 6.92 Å². The van der Waals surface area contributed by atoms with Gasteiger partial charge in [-0.15, -0.1) is 0 Å². The van der Waals surface area contributed by atoms with Crippen molar-refractivity contribution in [3.8, 4) is 5.75 Å². The molecule has 7 heteroatoms. The van der Waals surface area contributed by atoms with Gasteiger partial charge in [0.2, 0.25) is 5.95 Å². The number of H-pyrrole nitrogens is 1. The minimum atomic E-state index is 0.542. The molecule has 0 unspecified atom stereocenters. The SMILES string of the molecule is CCNc1nc(NCCOc2ccccc2)c2[nH]cnc2n1. The van der Waals surface area contributed by atoms with E-state index in [4.69, 9.17) is 4.74 Å². The molecule has 0 amide bonds. The summed E-state index contributed by atoms with van der Waals surface area (Å²) in [6.07, 6.45) is 1.61. The third-order valence-electron chi connectivity index (χ3n) is 3.03. The van der Waals surface area contributed by atoms with Gasteiger partial charge >= 0.3 is 0 Å². The Bertz CT molecular complexity index is 727. The lowest BCUT2D eigenvalue weighted by Gasteiger charge is -2.10. The molecule has 0 aliphatic carbocycles. The summed E-state index contributed by atoms with van der Waals surface area (Å²) in [5, 5.41) is 6.35. The monoisotopic (exact) mass is 298 g/mol. The third kappa shape index (κ3) is 3.25. The Hall–Kier alpha value is -2.83. The van der Waals surface area contributed by atoms with Crippen molar-refractivity contribution in [1.82, 2.24) is 19.9 Å². The summed E-state index contributed by atoms with van der Waals surface area (Å²) < 4.78 is 5.65. The van der Waals surface area contributed by atoms with Gasteiger partial charge in [0, 0.05) is 6.54 Å². The highest BCUT2D eigenvalue weighted by molar-refractivity contribution is 5.83. The summed E-state index contributed by atoms with van der Waals surface area (Å²) in [5.41, 5.74) is 1.43. The number of anilines is 2. The first-order valence-corrected chi connectivity index (χ1v) is 7.23.